The van der Waals surface area contributed by atoms with Gasteiger partial charge in [-0.2, -0.15) is 0 Å². The molecule has 0 bridgehead atoms. The minimum atomic E-state index is -4.39. The van der Waals surface area contributed by atoms with E-state index in [1.807, 2.05) is 50.2 Å². The van der Waals surface area contributed by atoms with Gasteiger partial charge in [0.05, 0.1) is 16.0 Å². The SMILES string of the molecule is Cc1c(N)ccc2c1Oc1c(ccc(N)c1C)C21c2ccccc2-c2ccc(S(=O)(=O)Nc3cc(F)c(F)c(F)c3)cc21. The number of hydrogen-bond donors (Lipinski definition) is 3. The normalized spacial score (nSPS) is 14.0. The van der Waals surface area contributed by atoms with Gasteiger partial charge in [0, 0.05) is 45.8 Å². The first-order chi connectivity index (χ1) is 20.4. The van der Waals surface area contributed by atoms with E-state index in [9.17, 15) is 21.6 Å². The topological polar surface area (TPSA) is 107 Å². The third-order valence-corrected chi connectivity index (χ3v) is 9.85. The summed E-state index contributed by atoms with van der Waals surface area (Å²) in [5, 5.41) is 0. The molecule has 0 aromatic heterocycles. The van der Waals surface area contributed by atoms with Crippen LogP contribution in [0.25, 0.3) is 11.1 Å². The Balaban J connectivity index is 1.53. The third-order valence-electron chi connectivity index (χ3n) is 8.47. The lowest BCUT2D eigenvalue weighted by Gasteiger charge is -2.41. The van der Waals surface area contributed by atoms with E-state index in [1.165, 1.54) is 6.07 Å². The molecule has 0 unspecified atom stereocenters. The maximum atomic E-state index is 13.9. The number of fused-ring (bicyclic) bond motifs is 9. The molecule has 0 saturated carbocycles. The van der Waals surface area contributed by atoms with Crippen molar-refractivity contribution in [2.24, 2.45) is 0 Å². The van der Waals surface area contributed by atoms with Gasteiger partial charge in [0.1, 0.15) is 11.5 Å². The van der Waals surface area contributed by atoms with Crippen LogP contribution >= 0.6 is 0 Å². The molecule has 5 N–H and O–H groups in total. The number of nitrogens with two attached hydrogens (primary N) is 2. The van der Waals surface area contributed by atoms with E-state index in [-0.39, 0.29) is 4.90 Å². The molecule has 1 heterocycles. The van der Waals surface area contributed by atoms with E-state index in [0.29, 0.717) is 40.6 Å². The smallest absolute Gasteiger partial charge is 0.261 e. The maximum absolute atomic E-state index is 13.9. The highest BCUT2D eigenvalue weighted by Crippen LogP contribution is 2.63. The van der Waals surface area contributed by atoms with Crippen molar-refractivity contribution in [2.75, 3.05) is 16.2 Å². The van der Waals surface area contributed by atoms with Crippen LogP contribution in [0.15, 0.2) is 83.8 Å². The number of rotatable bonds is 3. The summed E-state index contributed by atoms with van der Waals surface area (Å²) in [5.74, 6) is -3.62. The Morgan fingerprint density at radius 2 is 1.26 bits per heavy atom. The second-order valence-electron chi connectivity index (χ2n) is 10.8. The van der Waals surface area contributed by atoms with Crippen LogP contribution in [0.3, 0.4) is 0 Å². The van der Waals surface area contributed by atoms with Gasteiger partial charge in [-0.15, -0.1) is 0 Å². The van der Waals surface area contributed by atoms with E-state index in [1.54, 1.807) is 24.3 Å². The summed E-state index contributed by atoms with van der Waals surface area (Å²) in [6.07, 6.45) is 0. The summed E-state index contributed by atoms with van der Waals surface area (Å²) in [5.41, 5.74) is 18.5. The molecular weight excluding hydrogens is 575 g/mol. The predicted octanol–water partition coefficient (Wildman–Crippen LogP) is 7.15. The van der Waals surface area contributed by atoms with Crippen molar-refractivity contribution in [3.05, 3.63) is 130 Å². The number of ether oxygens (including phenoxy) is 1. The van der Waals surface area contributed by atoms with Gasteiger partial charge in [0.15, 0.2) is 17.5 Å². The second kappa shape index (κ2) is 9.02. The molecule has 5 aromatic rings. The fourth-order valence-corrected chi connectivity index (χ4v) is 7.42. The molecule has 216 valence electrons. The van der Waals surface area contributed by atoms with E-state index in [0.717, 1.165) is 38.9 Å². The van der Waals surface area contributed by atoms with Crippen molar-refractivity contribution in [1.29, 1.82) is 0 Å². The van der Waals surface area contributed by atoms with Crippen LogP contribution in [-0.2, 0) is 15.4 Å². The average molecular weight is 600 g/mol. The summed E-state index contributed by atoms with van der Waals surface area (Å²) < 4.78 is 77.4. The Morgan fingerprint density at radius 1 is 0.698 bits per heavy atom. The third kappa shape index (κ3) is 3.62. The van der Waals surface area contributed by atoms with Crippen LogP contribution in [0.4, 0.5) is 30.2 Å². The lowest BCUT2D eigenvalue weighted by atomic mass is 9.65. The Bertz CT molecular complexity index is 2070. The van der Waals surface area contributed by atoms with Gasteiger partial charge < -0.3 is 16.2 Å². The van der Waals surface area contributed by atoms with Gasteiger partial charge in [-0.25, -0.2) is 21.6 Å². The first kappa shape index (κ1) is 26.9. The molecule has 10 heteroatoms. The number of nitrogens with one attached hydrogen (secondary N) is 1. The van der Waals surface area contributed by atoms with Gasteiger partial charge in [0.2, 0.25) is 0 Å². The van der Waals surface area contributed by atoms with Gasteiger partial charge >= 0.3 is 0 Å². The molecule has 7 rings (SSSR count). The molecule has 6 nitrogen and oxygen atoms in total. The van der Waals surface area contributed by atoms with Crippen molar-refractivity contribution in [3.63, 3.8) is 0 Å². The number of benzene rings is 5. The lowest BCUT2D eigenvalue weighted by Crippen LogP contribution is -2.33. The van der Waals surface area contributed by atoms with E-state index >= 15 is 0 Å². The molecule has 1 spiro atoms. The molecule has 5 aromatic carbocycles. The van der Waals surface area contributed by atoms with Crippen molar-refractivity contribution in [1.82, 2.24) is 0 Å². The Labute approximate surface area is 245 Å². The van der Waals surface area contributed by atoms with E-state index in [4.69, 9.17) is 16.2 Å². The van der Waals surface area contributed by atoms with Gasteiger partial charge in [0.25, 0.3) is 10.0 Å². The monoisotopic (exact) mass is 599 g/mol. The predicted molar refractivity (Wildman–Crippen MR) is 159 cm³/mol. The van der Waals surface area contributed by atoms with Crippen molar-refractivity contribution >= 4 is 27.1 Å². The summed E-state index contributed by atoms with van der Waals surface area (Å²) in [7, 11) is -4.39. The van der Waals surface area contributed by atoms with Crippen LogP contribution in [0, 0.1) is 31.3 Å². The Morgan fingerprint density at radius 3 is 1.86 bits per heavy atom. The summed E-state index contributed by atoms with van der Waals surface area (Å²) >= 11 is 0. The Kier molecular flexibility index (Phi) is 5.64. The van der Waals surface area contributed by atoms with Crippen molar-refractivity contribution in [3.8, 4) is 22.6 Å². The number of nitrogen functional groups attached to an aromatic ring is 2. The van der Waals surface area contributed by atoms with Gasteiger partial charge in [-0.3, -0.25) is 4.72 Å². The zero-order chi connectivity index (χ0) is 30.4. The molecule has 0 saturated heterocycles. The molecule has 0 fully saturated rings. The molecule has 0 radical (unpaired) electrons. The number of halogens is 3. The van der Waals surface area contributed by atoms with Crippen LogP contribution in [-0.4, -0.2) is 8.42 Å². The fraction of sp³-hybridized carbons (Fsp3) is 0.0909. The van der Waals surface area contributed by atoms with E-state index in [2.05, 4.69) is 4.72 Å². The Hall–Kier alpha value is -4.96. The number of sulfonamides is 1. The number of anilines is 3. The molecular formula is C33H24F3N3O3S. The minimum absolute atomic E-state index is 0.155. The largest absolute Gasteiger partial charge is 0.456 e. The lowest BCUT2D eigenvalue weighted by molar-refractivity contribution is 0.430. The molecule has 0 amide bonds. The zero-order valence-corrected chi connectivity index (χ0v) is 23.7. The summed E-state index contributed by atoms with van der Waals surface area (Å²) in [6, 6.07) is 21.1. The highest BCUT2D eigenvalue weighted by atomic mass is 32.2. The highest BCUT2D eigenvalue weighted by Gasteiger charge is 2.52. The average Bonchev–Trinajstić information content (AvgIpc) is 3.26. The molecule has 43 heavy (non-hydrogen) atoms. The molecule has 0 atom stereocenters. The maximum Gasteiger partial charge on any atom is 0.261 e. The summed E-state index contributed by atoms with van der Waals surface area (Å²) in [6.45, 7) is 3.73. The van der Waals surface area contributed by atoms with Gasteiger partial charge in [-0.1, -0.05) is 42.5 Å². The van der Waals surface area contributed by atoms with Crippen LogP contribution in [0.5, 0.6) is 11.5 Å². The van der Waals surface area contributed by atoms with Gasteiger partial charge in [-0.05, 0) is 60.4 Å². The molecule has 2 aliphatic rings. The fourth-order valence-electron chi connectivity index (χ4n) is 6.35. The zero-order valence-electron chi connectivity index (χ0n) is 22.9. The minimum Gasteiger partial charge on any atom is -0.456 e. The van der Waals surface area contributed by atoms with Crippen LogP contribution < -0.4 is 20.9 Å². The van der Waals surface area contributed by atoms with Crippen LogP contribution in [0.2, 0.25) is 0 Å². The number of hydrogen-bond acceptors (Lipinski definition) is 5. The second-order valence-corrected chi connectivity index (χ2v) is 12.5. The van der Waals surface area contributed by atoms with E-state index < -0.39 is 38.6 Å². The van der Waals surface area contributed by atoms with Crippen molar-refractivity contribution < 1.29 is 26.3 Å². The first-order valence-electron chi connectivity index (χ1n) is 13.3. The van der Waals surface area contributed by atoms with Crippen LogP contribution in [0.1, 0.15) is 33.4 Å². The van der Waals surface area contributed by atoms with Crippen molar-refractivity contribution in [2.45, 2.75) is 24.2 Å². The molecule has 1 aliphatic carbocycles. The molecule has 1 aliphatic heterocycles. The standard InChI is InChI=1S/C33H24F3N3O3S/c1-16-28(37)11-9-23-31(16)42-32-17(2)29(38)12-10-24(32)33(23)22-6-4-3-5-20(22)21-8-7-19(15-25(21)33)43(40,41)39-18-13-26(34)30(36)27(35)14-18/h3-15,39H,37-38H2,1-2H3. The first-order valence-corrected chi connectivity index (χ1v) is 14.8. The quantitative estimate of drug-likeness (QED) is 0.148. The summed E-state index contributed by atoms with van der Waals surface area (Å²) in [4.78, 5) is -0.155. The highest BCUT2D eigenvalue weighted by molar-refractivity contribution is 7.92.